The van der Waals surface area contributed by atoms with Crippen LogP contribution >= 0.6 is 0 Å². The Morgan fingerprint density at radius 3 is 2.74 bits per heavy atom. The van der Waals surface area contributed by atoms with Gasteiger partial charge in [0, 0.05) is 46.1 Å². The molecule has 2 rings (SSSR count). The highest BCUT2D eigenvalue weighted by Gasteiger charge is 2.22. The van der Waals surface area contributed by atoms with Crippen molar-refractivity contribution in [2.24, 2.45) is 0 Å². The van der Waals surface area contributed by atoms with Crippen LogP contribution in [0.4, 0.5) is 5.69 Å². The van der Waals surface area contributed by atoms with Crippen molar-refractivity contribution in [2.75, 3.05) is 45.7 Å². The van der Waals surface area contributed by atoms with Crippen molar-refractivity contribution >= 4 is 17.5 Å². The van der Waals surface area contributed by atoms with Crippen molar-refractivity contribution < 1.29 is 9.59 Å². The molecule has 0 bridgehead atoms. The summed E-state index contributed by atoms with van der Waals surface area (Å²) in [5.74, 6) is -0.0501. The van der Waals surface area contributed by atoms with E-state index in [9.17, 15) is 9.59 Å². The Bertz CT molecular complexity index is 501. The smallest absolute Gasteiger partial charge is 0.272 e. The van der Waals surface area contributed by atoms with Gasteiger partial charge in [-0.25, -0.2) is 0 Å². The third-order valence-corrected chi connectivity index (χ3v) is 3.19. The Morgan fingerprint density at radius 2 is 2.11 bits per heavy atom. The van der Waals surface area contributed by atoms with Crippen LogP contribution in [-0.2, 0) is 4.79 Å². The van der Waals surface area contributed by atoms with E-state index in [0.29, 0.717) is 18.8 Å². The summed E-state index contributed by atoms with van der Waals surface area (Å²) in [5, 5.41) is 0. The number of likely N-dealkylation sites (N-methyl/N-ethyl adjacent to an activating group) is 1. The van der Waals surface area contributed by atoms with Crippen LogP contribution < -0.4 is 4.90 Å². The summed E-state index contributed by atoms with van der Waals surface area (Å²) in [7, 11) is 5.18. The highest BCUT2D eigenvalue weighted by molar-refractivity contribution is 5.93. The van der Waals surface area contributed by atoms with Crippen molar-refractivity contribution in [3.8, 4) is 0 Å². The first-order valence-electron chi connectivity index (χ1n) is 6.15. The first-order chi connectivity index (χ1) is 8.99. The van der Waals surface area contributed by atoms with Gasteiger partial charge in [0.1, 0.15) is 5.69 Å². The number of aromatic nitrogens is 1. The van der Waals surface area contributed by atoms with Gasteiger partial charge in [-0.15, -0.1) is 0 Å². The van der Waals surface area contributed by atoms with Gasteiger partial charge < -0.3 is 14.7 Å². The molecule has 1 saturated heterocycles. The van der Waals surface area contributed by atoms with E-state index in [-0.39, 0.29) is 11.8 Å². The van der Waals surface area contributed by atoms with E-state index >= 15 is 0 Å². The second kappa shape index (κ2) is 5.26. The topological polar surface area (TPSA) is 56.8 Å². The van der Waals surface area contributed by atoms with E-state index in [4.69, 9.17) is 0 Å². The van der Waals surface area contributed by atoms with Crippen LogP contribution in [0.3, 0.4) is 0 Å². The molecule has 0 radical (unpaired) electrons. The normalized spacial score (nSPS) is 15.6. The Balaban J connectivity index is 2.19. The zero-order chi connectivity index (χ0) is 14.0. The number of amides is 2. The van der Waals surface area contributed by atoms with E-state index in [1.807, 2.05) is 11.0 Å². The van der Waals surface area contributed by atoms with Gasteiger partial charge in [-0.05, 0) is 12.1 Å². The summed E-state index contributed by atoms with van der Waals surface area (Å²) in [5.41, 5.74) is 1.26. The second-order valence-corrected chi connectivity index (χ2v) is 4.84. The molecule has 0 N–H and O–H groups in total. The maximum Gasteiger partial charge on any atom is 0.272 e. The maximum absolute atomic E-state index is 11.9. The van der Waals surface area contributed by atoms with E-state index in [0.717, 1.165) is 12.2 Å². The van der Waals surface area contributed by atoms with E-state index in [1.165, 1.54) is 4.90 Å². The zero-order valence-electron chi connectivity index (χ0n) is 11.5. The average molecular weight is 262 g/mol. The van der Waals surface area contributed by atoms with Crippen molar-refractivity contribution in [3.63, 3.8) is 0 Å². The standard InChI is InChI=1S/C13H18N4O2/c1-15(2)13(19)11-8-10(4-5-14-11)17-7-6-16(3)12(18)9-17/h4-5,8H,6-7,9H2,1-3H3. The second-order valence-electron chi connectivity index (χ2n) is 4.84. The number of piperazine rings is 1. The zero-order valence-corrected chi connectivity index (χ0v) is 11.5. The van der Waals surface area contributed by atoms with E-state index in [2.05, 4.69) is 4.98 Å². The summed E-state index contributed by atoms with van der Waals surface area (Å²) < 4.78 is 0. The van der Waals surface area contributed by atoms with Crippen LogP contribution in [0.25, 0.3) is 0 Å². The molecule has 0 aromatic carbocycles. The Hall–Kier alpha value is -2.11. The molecule has 1 aromatic heterocycles. The molecule has 19 heavy (non-hydrogen) atoms. The summed E-state index contributed by atoms with van der Waals surface area (Å²) in [6.07, 6.45) is 1.61. The monoisotopic (exact) mass is 262 g/mol. The number of nitrogens with zero attached hydrogens (tertiary/aromatic N) is 4. The molecular formula is C13H18N4O2. The molecule has 2 heterocycles. The van der Waals surface area contributed by atoms with Gasteiger partial charge in [-0.1, -0.05) is 0 Å². The molecule has 1 aliphatic heterocycles. The number of hydrogen-bond acceptors (Lipinski definition) is 4. The fourth-order valence-electron chi connectivity index (χ4n) is 1.94. The van der Waals surface area contributed by atoms with Crippen molar-refractivity contribution in [2.45, 2.75) is 0 Å². The third kappa shape index (κ3) is 2.83. The first kappa shape index (κ1) is 13.3. The summed E-state index contributed by atoms with van der Waals surface area (Å²) in [6, 6.07) is 3.56. The Morgan fingerprint density at radius 1 is 1.37 bits per heavy atom. The average Bonchev–Trinajstić information content (AvgIpc) is 2.41. The van der Waals surface area contributed by atoms with Crippen LogP contribution in [0.5, 0.6) is 0 Å². The molecule has 1 fully saturated rings. The van der Waals surface area contributed by atoms with Crippen LogP contribution in [0.1, 0.15) is 10.5 Å². The SMILES string of the molecule is CN(C)C(=O)c1cc(N2CCN(C)C(=O)C2)ccn1. The maximum atomic E-state index is 11.9. The number of hydrogen-bond donors (Lipinski definition) is 0. The minimum atomic E-state index is -0.137. The molecular weight excluding hydrogens is 244 g/mol. The lowest BCUT2D eigenvalue weighted by Gasteiger charge is -2.33. The van der Waals surface area contributed by atoms with Gasteiger partial charge in [0.2, 0.25) is 5.91 Å². The number of carbonyl (C=O) groups is 2. The van der Waals surface area contributed by atoms with Gasteiger partial charge in [0.25, 0.3) is 5.91 Å². The van der Waals surface area contributed by atoms with E-state index in [1.54, 1.807) is 38.3 Å². The molecule has 0 atom stereocenters. The Kier molecular flexibility index (Phi) is 3.69. The quantitative estimate of drug-likeness (QED) is 0.756. The molecule has 6 nitrogen and oxygen atoms in total. The van der Waals surface area contributed by atoms with Crippen LogP contribution in [0.15, 0.2) is 18.3 Å². The van der Waals surface area contributed by atoms with Crippen molar-refractivity contribution in [3.05, 3.63) is 24.0 Å². The molecule has 0 saturated carbocycles. The third-order valence-electron chi connectivity index (χ3n) is 3.19. The molecule has 2 amide bonds. The molecule has 0 unspecified atom stereocenters. The summed E-state index contributed by atoms with van der Waals surface area (Å²) in [4.78, 5) is 32.8. The van der Waals surface area contributed by atoms with Gasteiger partial charge >= 0.3 is 0 Å². The largest absolute Gasteiger partial charge is 0.360 e. The number of pyridine rings is 1. The predicted molar refractivity (Wildman–Crippen MR) is 72.1 cm³/mol. The number of carbonyl (C=O) groups excluding carboxylic acids is 2. The van der Waals surface area contributed by atoms with E-state index < -0.39 is 0 Å². The minimum Gasteiger partial charge on any atom is -0.360 e. The van der Waals surface area contributed by atoms with Crippen LogP contribution in [0, 0.1) is 0 Å². The minimum absolute atomic E-state index is 0.0866. The Labute approximate surface area is 112 Å². The summed E-state index contributed by atoms with van der Waals surface area (Å²) >= 11 is 0. The van der Waals surface area contributed by atoms with Gasteiger partial charge in [-0.2, -0.15) is 0 Å². The van der Waals surface area contributed by atoms with Crippen molar-refractivity contribution in [1.29, 1.82) is 0 Å². The van der Waals surface area contributed by atoms with Crippen LogP contribution in [0.2, 0.25) is 0 Å². The number of anilines is 1. The fraction of sp³-hybridized carbons (Fsp3) is 0.462. The molecule has 1 aliphatic rings. The lowest BCUT2D eigenvalue weighted by Crippen LogP contribution is -2.48. The van der Waals surface area contributed by atoms with Gasteiger partial charge in [0.05, 0.1) is 6.54 Å². The highest BCUT2D eigenvalue weighted by Crippen LogP contribution is 2.17. The summed E-state index contributed by atoms with van der Waals surface area (Å²) in [6.45, 7) is 1.80. The van der Waals surface area contributed by atoms with Crippen molar-refractivity contribution in [1.82, 2.24) is 14.8 Å². The molecule has 0 aliphatic carbocycles. The molecule has 6 heteroatoms. The predicted octanol–water partition coefficient (Wildman–Crippen LogP) is 0.0618. The lowest BCUT2D eigenvalue weighted by atomic mass is 10.2. The lowest BCUT2D eigenvalue weighted by molar-refractivity contribution is -0.129. The van der Waals surface area contributed by atoms with Crippen LogP contribution in [-0.4, -0.2) is 67.4 Å². The first-order valence-corrected chi connectivity index (χ1v) is 6.15. The number of rotatable bonds is 2. The fourth-order valence-corrected chi connectivity index (χ4v) is 1.94. The highest BCUT2D eigenvalue weighted by atomic mass is 16.2. The molecule has 0 spiro atoms. The molecule has 102 valence electrons. The van der Waals surface area contributed by atoms with Gasteiger partial charge in [0.15, 0.2) is 0 Å². The van der Waals surface area contributed by atoms with Gasteiger partial charge in [-0.3, -0.25) is 14.6 Å². The molecule has 1 aromatic rings.